The number of carbonyl (C=O) groups excluding carboxylic acids is 1. The Balaban J connectivity index is 3.97. The van der Waals surface area contributed by atoms with Gasteiger partial charge in [-0.1, -0.05) is 65.2 Å². The van der Waals surface area contributed by atoms with Gasteiger partial charge in [0.25, 0.3) is 0 Å². The fraction of sp³-hybridized carbons (Fsp3) is 0.933. The quantitative estimate of drug-likeness (QED) is 0.528. The van der Waals surface area contributed by atoms with Gasteiger partial charge in [0.05, 0.1) is 5.54 Å². The third-order valence-corrected chi connectivity index (χ3v) is 3.65. The molecule has 1 atom stereocenters. The zero-order valence-electron chi connectivity index (χ0n) is 12.2. The van der Waals surface area contributed by atoms with Gasteiger partial charge in [0.15, 0.2) is 5.78 Å². The Labute approximate surface area is 112 Å². The summed E-state index contributed by atoms with van der Waals surface area (Å²) in [5.41, 5.74) is 5.39. The molecular weight excluding hydrogens is 226 g/mol. The van der Waals surface area contributed by atoms with E-state index in [1.807, 2.05) is 0 Å². The minimum atomic E-state index is -0.782. The first-order chi connectivity index (χ1) is 8.60. The minimum Gasteiger partial charge on any atom is -0.389 e. The number of rotatable bonds is 12. The molecule has 0 aromatic carbocycles. The number of nitrogens with two attached hydrogens (primary N) is 1. The summed E-state index contributed by atoms with van der Waals surface area (Å²) in [6.07, 6.45) is 10.6. The maximum Gasteiger partial charge on any atom is 0.177 e. The molecule has 18 heavy (non-hydrogen) atoms. The van der Waals surface area contributed by atoms with Gasteiger partial charge < -0.3 is 10.8 Å². The summed E-state index contributed by atoms with van der Waals surface area (Å²) in [7, 11) is 0. The second-order valence-electron chi connectivity index (χ2n) is 5.36. The molecule has 0 fully saturated rings. The summed E-state index contributed by atoms with van der Waals surface area (Å²) in [4.78, 5) is 11.7. The number of unbranched alkanes of at least 4 members (excludes halogenated alkanes) is 6. The molecule has 3 N–H and O–H groups in total. The first-order valence-corrected chi connectivity index (χ1v) is 7.53. The van der Waals surface area contributed by atoms with Crippen LogP contribution in [0.1, 0.15) is 78.1 Å². The molecule has 0 rings (SSSR count). The molecule has 108 valence electrons. The lowest BCUT2D eigenvalue weighted by Gasteiger charge is -2.27. The fourth-order valence-electron chi connectivity index (χ4n) is 2.27. The van der Waals surface area contributed by atoms with Crippen molar-refractivity contribution in [3.05, 3.63) is 0 Å². The van der Waals surface area contributed by atoms with E-state index in [9.17, 15) is 4.79 Å². The Hall–Kier alpha value is -0.410. The average molecular weight is 257 g/mol. The van der Waals surface area contributed by atoms with Crippen LogP contribution < -0.4 is 5.73 Å². The van der Waals surface area contributed by atoms with Crippen molar-refractivity contribution in [2.24, 2.45) is 5.73 Å². The Morgan fingerprint density at radius 1 is 0.944 bits per heavy atom. The average Bonchev–Trinajstić information content (AvgIpc) is 2.39. The van der Waals surface area contributed by atoms with Gasteiger partial charge in [0.2, 0.25) is 0 Å². The Morgan fingerprint density at radius 2 is 1.44 bits per heavy atom. The molecule has 0 aliphatic heterocycles. The van der Waals surface area contributed by atoms with Crippen molar-refractivity contribution < 1.29 is 9.90 Å². The maximum atomic E-state index is 11.7. The van der Waals surface area contributed by atoms with Gasteiger partial charge in [-0.05, 0) is 12.8 Å². The van der Waals surface area contributed by atoms with Crippen molar-refractivity contribution in [1.29, 1.82) is 0 Å². The minimum absolute atomic E-state index is 0.190. The summed E-state index contributed by atoms with van der Waals surface area (Å²) in [5, 5.41) is 9.01. The molecule has 3 nitrogen and oxygen atoms in total. The zero-order valence-corrected chi connectivity index (χ0v) is 12.2. The summed E-state index contributed by atoms with van der Waals surface area (Å²) in [5.74, 6) is -0.190. The first-order valence-electron chi connectivity index (χ1n) is 7.53. The molecule has 0 aliphatic carbocycles. The molecule has 0 amide bonds. The Kier molecular flexibility index (Phi) is 10.3. The molecule has 3 heteroatoms. The van der Waals surface area contributed by atoms with Gasteiger partial charge >= 0.3 is 0 Å². The molecule has 1 unspecified atom stereocenters. The van der Waals surface area contributed by atoms with Crippen molar-refractivity contribution in [3.63, 3.8) is 0 Å². The number of hydrogen-bond donors (Lipinski definition) is 2. The zero-order chi connectivity index (χ0) is 13.9. The van der Waals surface area contributed by atoms with Gasteiger partial charge in [-0.15, -0.1) is 0 Å². The van der Waals surface area contributed by atoms with E-state index < -0.39 is 12.1 Å². The van der Waals surface area contributed by atoms with Crippen LogP contribution in [0.2, 0.25) is 0 Å². The van der Waals surface area contributed by atoms with Gasteiger partial charge in [-0.3, -0.25) is 4.79 Å². The molecule has 0 aromatic rings. The van der Waals surface area contributed by atoms with E-state index in [0.717, 1.165) is 32.1 Å². The smallest absolute Gasteiger partial charge is 0.177 e. The van der Waals surface area contributed by atoms with Gasteiger partial charge in [0, 0.05) is 0 Å². The highest BCUT2D eigenvalue weighted by molar-refractivity contribution is 5.89. The number of hydrogen-bond acceptors (Lipinski definition) is 3. The third-order valence-electron chi connectivity index (χ3n) is 3.65. The molecule has 0 heterocycles. The summed E-state index contributed by atoms with van der Waals surface area (Å²) in [6.45, 7) is 3.88. The Bertz CT molecular complexity index is 219. The largest absolute Gasteiger partial charge is 0.389 e. The van der Waals surface area contributed by atoms with Crippen LogP contribution in [0.25, 0.3) is 0 Å². The highest BCUT2D eigenvalue weighted by atomic mass is 16.3. The number of aliphatic hydroxyl groups is 1. The molecule has 0 saturated carbocycles. The van der Waals surface area contributed by atoms with E-state index >= 15 is 0 Å². The van der Waals surface area contributed by atoms with E-state index in [0.29, 0.717) is 6.42 Å². The van der Waals surface area contributed by atoms with Crippen LogP contribution in [0, 0.1) is 0 Å². The molecule has 0 saturated heterocycles. The van der Waals surface area contributed by atoms with E-state index in [-0.39, 0.29) is 5.78 Å². The first kappa shape index (κ1) is 17.6. The molecule has 0 aromatic heterocycles. The van der Waals surface area contributed by atoms with Gasteiger partial charge in [-0.25, -0.2) is 0 Å². The van der Waals surface area contributed by atoms with E-state index in [4.69, 9.17) is 10.8 Å². The van der Waals surface area contributed by atoms with Crippen LogP contribution in [0.4, 0.5) is 0 Å². The van der Waals surface area contributed by atoms with Crippen molar-refractivity contribution in [2.45, 2.75) is 83.6 Å². The predicted octanol–water partition coefficient (Wildman–Crippen LogP) is 3.19. The predicted molar refractivity (Wildman–Crippen MR) is 76.5 cm³/mol. The van der Waals surface area contributed by atoms with Crippen molar-refractivity contribution in [1.82, 2.24) is 0 Å². The second-order valence-corrected chi connectivity index (χ2v) is 5.36. The van der Waals surface area contributed by atoms with Crippen molar-refractivity contribution in [2.75, 3.05) is 6.61 Å². The van der Waals surface area contributed by atoms with Gasteiger partial charge in [-0.2, -0.15) is 0 Å². The number of carbonyl (C=O) groups is 1. The van der Waals surface area contributed by atoms with Gasteiger partial charge in [0.1, 0.15) is 6.61 Å². The lowest BCUT2D eigenvalue weighted by atomic mass is 9.84. The van der Waals surface area contributed by atoms with E-state index in [1.165, 1.54) is 25.7 Å². The molecule has 0 spiro atoms. The van der Waals surface area contributed by atoms with Crippen LogP contribution in [-0.4, -0.2) is 23.0 Å². The molecule has 0 bridgehead atoms. The lowest BCUT2D eigenvalue weighted by molar-refractivity contribution is -0.127. The fourth-order valence-corrected chi connectivity index (χ4v) is 2.27. The monoisotopic (exact) mass is 257 g/mol. The van der Waals surface area contributed by atoms with Crippen LogP contribution in [0.3, 0.4) is 0 Å². The van der Waals surface area contributed by atoms with Crippen molar-refractivity contribution in [3.8, 4) is 0 Å². The Morgan fingerprint density at radius 3 is 2.00 bits per heavy atom. The van der Waals surface area contributed by atoms with Crippen LogP contribution in [0.5, 0.6) is 0 Å². The highest BCUT2D eigenvalue weighted by Crippen LogP contribution is 2.21. The second kappa shape index (κ2) is 10.5. The third kappa shape index (κ3) is 7.12. The molecule has 0 aliphatic rings. The number of aliphatic hydroxyl groups excluding tert-OH is 1. The van der Waals surface area contributed by atoms with Crippen LogP contribution >= 0.6 is 0 Å². The standard InChI is InChI=1S/C15H31NO2/c1-3-5-7-8-9-10-12-15(16,11-6-4-2)14(18)13-17/h17H,3-13,16H2,1-2H3. The normalized spacial score (nSPS) is 14.4. The maximum absolute atomic E-state index is 11.7. The topological polar surface area (TPSA) is 63.3 Å². The number of ketones is 1. The van der Waals surface area contributed by atoms with Crippen molar-refractivity contribution >= 4 is 5.78 Å². The summed E-state index contributed by atoms with van der Waals surface area (Å²) < 4.78 is 0. The summed E-state index contributed by atoms with van der Waals surface area (Å²) >= 11 is 0. The van der Waals surface area contributed by atoms with Crippen LogP contribution in [-0.2, 0) is 4.79 Å². The van der Waals surface area contributed by atoms with E-state index in [2.05, 4.69) is 13.8 Å². The highest BCUT2D eigenvalue weighted by Gasteiger charge is 2.31. The molecular formula is C15H31NO2. The SMILES string of the molecule is CCCCCCCCC(N)(CCCC)C(=O)CO. The molecule has 0 radical (unpaired) electrons. The lowest BCUT2D eigenvalue weighted by Crippen LogP contribution is -2.49. The van der Waals surface area contributed by atoms with E-state index in [1.54, 1.807) is 0 Å². The summed E-state index contributed by atoms with van der Waals surface area (Å²) in [6, 6.07) is 0. The number of Topliss-reactive ketones (excluding diaryl/α,β-unsaturated/α-hetero) is 1. The van der Waals surface area contributed by atoms with Crippen LogP contribution in [0.15, 0.2) is 0 Å².